The van der Waals surface area contributed by atoms with Crippen LogP contribution in [0.2, 0.25) is 0 Å². The Balaban J connectivity index is 2.13. The molecule has 0 aromatic carbocycles. The Morgan fingerprint density at radius 3 is 2.81 bits per heavy atom. The van der Waals surface area contributed by atoms with Crippen molar-refractivity contribution < 1.29 is 4.74 Å². The Labute approximate surface area is 133 Å². The van der Waals surface area contributed by atoms with Crippen molar-refractivity contribution in [2.24, 2.45) is 11.3 Å². The van der Waals surface area contributed by atoms with Crippen molar-refractivity contribution in [1.82, 2.24) is 10.3 Å². The first kappa shape index (κ1) is 16.9. The summed E-state index contributed by atoms with van der Waals surface area (Å²) >= 11 is 1.79. The molecule has 4 heteroatoms. The van der Waals surface area contributed by atoms with E-state index in [0.717, 1.165) is 19.1 Å². The van der Waals surface area contributed by atoms with Gasteiger partial charge < -0.3 is 10.1 Å². The van der Waals surface area contributed by atoms with Crippen LogP contribution in [-0.4, -0.2) is 25.2 Å². The molecule has 1 fully saturated rings. The molecule has 2 rings (SSSR count). The van der Waals surface area contributed by atoms with Gasteiger partial charge in [0.1, 0.15) is 5.01 Å². The maximum Gasteiger partial charge on any atom is 0.113 e. The molecule has 2 unspecified atom stereocenters. The molecule has 21 heavy (non-hydrogen) atoms. The molecule has 3 nitrogen and oxygen atoms in total. The number of nitrogens with zero attached hydrogens (tertiary/aromatic N) is 1. The lowest BCUT2D eigenvalue weighted by Crippen LogP contribution is -2.43. The second-order valence-corrected chi connectivity index (χ2v) is 8.23. The first-order valence-electron chi connectivity index (χ1n) is 8.12. The largest absolute Gasteiger partial charge is 0.383 e. The Morgan fingerprint density at radius 1 is 1.38 bits per heavy atom. The van der Waals surface area contributed by atoms with Crippen LogP contribution >= 0.6 is 11.3 Å². The molecule has 1 aromatic rings. The van der Waals surface area contributed by atoms with Gasteiger partial charge in [-0.15, -0.1) is 11.3 Å². The van der Waals surface area contributed by atoms with Gasteiger partial charge in [0.05, 0.1) is 12.1 Å². The maximum absolute atomic E-state index is 5.22. The van der Waals surface area contributed by atoms with Crippen molar-refractivity contribution in [3.8, 4) is 0 Å². The van der Waals surface area contributed by atoms with Crippen LogP contribution in [0, 0.1) is 11.3 Å². The molecule has 2 atom stereocenters. The second-order valence-electron chi connectivity index (χ2n) is 7.33. The van der Waals surface area contributed by atoms with Gasteiger partial charge in [-0.2, -0.15) is 0 Å². The molecular formula is C17H30N2OS. The third-order valence-corrected chi connectivity index (χ3v) is 5.89. The van der Waals surface area contributed by atoms with Crippen LogP contribution in [0.4, 0.5) is 0 Å². The van der Waals surface area contributed by atoms with E-state index in [1.165, 1.54) is 37.1 Å². The number of hydrogen-bond donors (Lipinski definition) is 1. The van der Waals surface area contributed by atoms with Crippen molar-refractivity contribution in [1.29, 1.82) is 0 Å². The van der Waals surface area contributed by atoms with Crippen molar-refractivity contribution in [3.05, 3.63) is 16.6 Å². The summed E-state index contributed by atoms with van der Waals surface area (Å²) in [6.45, 7) is 8.80. The molecule has 1 aromatic heterocycles. The highest BCUT2D eigenvalue weighted by atomic mass is 32.1. The van der Waals surface area contributed by atoms with E-state index in [4.69, 9.17) is 4.74 Å². The van der Waals surface area contributed by atoms with Gasteiger partial charge in [-0.3, -0.25) is 0 Å². The molecule has 1 N–H and O–H groups in total. The molecule has 1 aliphatic carbocycles. The number of aromatic nitrogens is 1. The lowest BCUT2D eigenvalue weighted by molar-refractivity contribution is 0.173. The van der Waals surface area contributed by atoms with Gasteiger partial charge in [-0.05, 0) is 37.0 Å². The van der Waals surface area contributed by atoms with E-state index in [1.54, 1.807) is 18.4 Å². The number of thiazole rings is 1. The number of methoxy groups -OCH3 is 1. The topological polar surface area (TPSA) is 34.1 Å². The van der Waals surface area contributed by atoms with Gasteiger partial charge in [-0.1, -0.05) is 27.2 Å². The Kier molecular flexibility index (Phi) is 5.81. The summed E-state index contributed by atoms with van der Waals surface area (Å²) in [5.41, 5.74) is 0.470. The number of hydrogen-bond acceptors (Lipinski definition) is 4. The van der Waals surface area contributed by atoms with Crippen LogP contribution in [0.15, 0.2) is 11.6 Å². The highest BCUT2D eigenvalue weighted by Gasteiger charge is 2.38. The van der Waals surface area contributed by atoms with Gasteiger partial charge in [0.25, 0.3) is 0 Å². The Hall–Kier alpha value is -0.450. The summed E-state index contributed by atoms with van der Waals surface area (Å²) in [7, 11) is 1.76. The highest BCUT2D eigenvalue weighted by Crippen LogP contribution is 2.43. The quantitative estimate of drug-likeness (QED) is 0.654. The van der Waals surface area contributed by atoms with E-state index < -0.39 is 0 Å². The summed E-state index contributed by atoms with van der Waals surface area (Å²) in [5.74, 6) is 0.809. The summed E-state index contributed by atoms with van der Waals surface area (Å²) in [6.07, 6.45) is 8.21. The van der Waals surface area contributed by atoms with E-state index >= 15 is 0 Å². The SMILES string of the molecule is COCCNC1(c2nccs2)CCCC(C(C)(C)C)CC1. The normalized spacial score (nSPS) is 27.5. The summed E-state index contributed by atoms with van der Waals surface area (Å²) in [6, 6.07) is 0. The minimum Gasteiger partial charge on any atom is -0.383 e. The van der Waals surface area contributed by atoms with Gasteiger partial charge in [0.2, 0.25) is 0 Å². The molecule has 0 saturated heterocycles. The highest BCUT2D eigenvalue weighted by molar-refractivity contribution is 7.09. The van der Waals surface area contributed by atoms with E-state index in [9.17, 15) is 0 Å². The molecule has 0 amide bonds. The maximum atomic E-state index is 5.22. The van der Waals surface area contributed by atoms with E-state index in [2.05, 4.69) is 36.5 Å². The number of rotatable bonds is 5. The third-order valence-electron chi connectivity index (χ3n) is 4.91. The van der Waals surface area contributed by atoms with Crippen molar-refractivity contribution in [3.63, 3.8) is 0 Å². The molecule has 1 aliphatic rings. The predicted octanol–water partition coefficient (Wildman–Crippen LogP) is 4.20. The lowest BCUT2D eigenvalue weighted by atomic mass is 9.76. The number of ether oxygens (including phenoxy) is 1. The molecular weight excluding hydrogens is 280 g/mol. The second kappa shape index (κ2) is 7.21. The van der Waals surface area contributed by atoms with Crippen molar-refractivity contribution >= 4 is 11.3 Å². The lowest BCUT2D eigenvalue weighted by Gasteiger charge is -2.33. The van der Waals surface area contributed by atoms with E-state index in [-0.39, 0.29) is 5.54 Å². The van der Waals surface area contributed by atoms with Crippen LogP contribution in [0.3, 0.4) is 0 Å². The minimum absolute atomic E-state index is 0.0622. The molecule has 0 bridgehead atoms. The van der Waals surface area contributed by atoms with Gasteiger partial charge in [0, 0.05) is 25.2 Å². The smallest absolute Gasteiger partial charge is 0.113 e. The molecule has 1 heterocycles. The third kappa shape index (κ3) is 4.27. The standard InChI is InChI=1S/C17H30N2OS/c1-16(2,3)14-6-5-8-17(9-7-14,19-10-12-20-4)15-18-11-13-21-15/h11,13-14,19H,5-10,12H2,1-4H3. The molecule has 1 saturated carbocycles. The van der Waals surface area contributed by atoms with Crippen LogP contribution in [0.5, 0.6) is 0 Å². The Bertz CT molecular complexity index is 413. The van der Waals surface area contributed by atoms with E-state index in [1.807, 2.05) is 6.20 Å². The summed E-state index contributed by atoms with van der Waals surface area (Å²) in [5, 5.41) is 7.13. The molecule has 0 aliphatic heterocycles. The first-order valence-corrected chi connectivity index (χ1v) is 9.00. The average Bonchev–Trinajstić information content (AvgIpc) is 2.87. The Morgan fingerprint density at radius 2 is 2.19 bits per heavy atom. The minimum atomic E-state index is 0.0622. The first-order chi connectivity index (χ1) is 9.98. The predicted molar refractivity (Wildman–Crippen MR) is 89.7 cm³/mol. The average molecular weight is 311 g/mol. The summed E-state index contributed by atoms with van der Waals surface area (Å²) in [4.78, 5) is 4.63. The van der Waals surface area contributed by atoms with Crippen LogP contribution in [0.1, 0.15) is 57.9 Å². The van der Waals surface area contributed by atoms with Gasteiger partial charge in [-0.25, -0.2) is 4.98 Å². The summed E-state index contributed by atoms with van der Waals surface area (Å²) < 4.78 is 5.22. The monoisotopic (exact) mass is 310 g/mol. The molecule has 120 valence electrons. The molecule has 0 radical (unpaired) electrons. The van der Waals surface area contributed by atoms with Crippen LogP contribution in [-0.2, 0) is 10.3 Å². The number of nitrogens with one attached hydrogen (secondary N) is 1. The van der Waals surface area contributed by atoms with Crippen LogP contribution < -0.4 is 5.32 Å². The molecule has 0 spiro atoms. The fourth-order valence-corrected chi connectivity index (χ4v) is 4.40. The van der Waals surface area contributed by atoms with Gasteiger partial charge in [0.15, 0.2) is 0 Å². The fraction of sp³-hybridized carbons (Fsp3) is 0.824. The van der Waals surface area contributed by atoms with Crippen LogP contribution in [0.25, 0.3) is 0 Å². The van der Waals surface area contributed by atoms with E-state index in [0.29, 0.717) is 5.41 Å². The fourth-order valence-electron chi connectivity index (χ4n) is 3.52. The van der Waals surface area contributed by atoms with Crippen molar-refractivity contribution in [2.75, 3.05) is 20.3 Å². The zero-order chi connectivity index (χ0) is 15.3. The van der Waals surface area contributed by atoms with Crippen molar-refractivity contribution in [2.45, 2.75) is 58.4 Å². The van der Waals surface area contributed by atoms with Gasteiger partial charge >= 0.3 is 0 Å². The zero-order valence-corrected chi connectivity index (χ0v) is 14.8. The zero-order valence-electron chi connectivity index (χ0n) is 13.9.